The van der Waals surface area contributed by atoms with Crippen molar-refractivity contribution in [3.63, 3.8) is 0 Å². The maximum atomic E-state index is 14.3. The van der Waals surface area contributed by atoms with Crippen LogP contribution < -0.4 is 0 Å². The minimum Gasteiger partial charge on any atom is -0.447 e. The third kappa shape index (κ3) is 10.6. The Bertz CT molecular complexity index is 1240. The van der Waals surface area contributed by atoms with Crippen molar-refractivity contribution in [3.05, 3.63) is 35.6 Å². The van der Waals surface area contributed by atoms with Crippen molar-refractivity contribution >= 4 is 22.0 Å². The predicted octanol–water partition coefficient (Wildman–Crippen LogP) is 4.08. The summed E-state index contributed by atoms with van der Waals surface area (Å²) in [5.41, 5.74) is 0.999. The second kappa shape index (κ2) is 16.7. The molecule has 1 unspecified atom stereocenters. The SMILES string of the molecule is CC(C)CN(C(=O)CN1CCN(C(=O)OC(C)C)CC1)C1CCN(CCC(c2cccc(F)c2)C2CCN(S(C)(=O)=O)CC2)CC1. The largest absolute Gasteiger partial charge is 0.447 e. The van der Waals surface area contributed by atoms with Crippen molar-refractivity contribution in [2.24, 2.45) is 11.8 Å². The highest BCUT2D eigenvalue weighted by molar-refractivity contribution is 7.88. The molecule has 0 N–H and O–H groups in total. The lowest BCUT2D eigenvalue weighted by Gasteiger charge is -2.41. The second-order valence-electron chi connectivity index (χ2n) is 14.2. The summed E-state index contributed by atoms with van der Waals surface area (Å²) in [6.45, 7) is 15.3. The minimum atomic E-state index is -3.20. The molecule has 1 aromatic rings. The van der Waals surface area contributed by atoms with E-state index in [1.54, 1.807) is 21.3 Å². The van der Waals surface area contributed by atoms with Gasteiger partial charge in [-0.15, -0.1) is 0 Å². The van der Waals surface area contributed by atoms with Crippen LogP contribution in [0.25, 0.3) is 0 Å². The maximum Gasteiger partial charge on any atom is 0.410 e. The maximum absolute atomic E-state index is 14.3. The lowest BCUT2D eigenvalue weighted by molar-refractivity contribution is -0.136. The Labute approximate surface area is 276 Å². The van der Waals surface area contributed by atoms with E-state index >= 15 is 0 Å². The zero-order valence-corrected chi connectivity index (χ0v) is 29.4. The van der Waals surface area contributed by atoms with Gasteiger partial charge in [0.1, 0.15) is 5.82 Å². The molecule has 260 valence electrons. The zero-order chi connectivity index (χ0) is 33.4. The quantitative estimate of drug-likeness (QED) is 0.332. The molecule has 0 radical (unpaired) electrons. The highest BCUT2D eigenvalue weighted by atomic mass is 32.2. The van der Waals surface area contributed by atoms with E-state index < -0.39 is 10.0 Å². The van der Waals surface area contributed by atoms with Crippen molar-refractivity contribution in [2.45, 2.75) is 77.9 Å². The van der Waals surface area contributed by atoms with Gasteiger partial charge in [-0.25, -0.2) is 21.9 Å². The molecule has 0 aromatic heterocycles. The molecule has 46 heavy (non-hydrogen) atoms. The summed E-state index contributed by atoms with van der Waals surface area (Å²) in [7, 11) is -3.20. The number of likely N-dealkylation sites (tertiary alicyclic amines) is 1. The molecule has 3 fully saturated rings. The van der Waals surface area contributed by atoms with E-state index in [0.717, 1.165) is 63.8 Å². The lowest BCUT2D eigenvalue weighted by Crippen LogP contribution is -2.54. The molecule has 3 aliphatic rings. The molecular formula is C34H56FN5O5S. The summed E-state index contributed by atoms with van der Waals surface area (Å²) in [5.74, 6) is 0.770. The summed E-state index contributed by atoms with van der Waals surface area (Å²) in [4.78, 5) is 34.4. The first-order valence-electron chi connectivity index (χ1n) is 17.2. The van der Waals surface area contributed by atoms with Crippen LogP contribution in [0.5, 0.6) is 0 Å². The number of nitrogens with zero attached hydrogens (tertiary/aromatic N) is 5. The topological polar surface area (TPSA) is 93.7 Å². The van der Waals surface area contributed by atoms with Crippen LogP contribution in [0.1, 0.15) is 71.3 Å². The van der Waals surface area contributed by atoms with E-state index in [0.29, 0.717) is 57.6 Å². The molecule has 1 aromatic carbocycles. The highest BCUT2D eigenvalue weighted by Gasteiger charge is 2.33. The monoisotopic (exact) mass is 665 g/mol. The average molecular weight is 666 g/mol. The molecule has 3 saturated heterocycles. The van der Waals surface area contributed by atoms with Gasteiger partial charge in [-0.3, -0.25) is 9.69 Å². The van der Waals surface area contributed by atoms with Crippen molar-refractivity contribution in [1.29, 1.82) is 0 Å². The van der Waals surface area contributed by atoms with Gasteiger partial charge in [0.15, 0.2) is 0 Å². The van der Waals surface area contributed by atoms with Crippen LogP contribution in [-0.2, 0) is 19.6 Å². The number of halogens is 1. The number of rotatable bonds is 12. The second-order valence-corrected chi connectivity index (χ2v) is 16.1. The lowest BCUT2D eigenvalue weighted by atomic mass is 9.78. The Morgan fingerprint density at radius 3 is 2.15 bits per heavy atom. The third-order valence-electron chi connectivity index (χ3n) is 9.78. The van der Waals surface area contributed by atoms with E-state index in [2.05, 4.69) is 28.5 Å². The van der Waals surface area contributed by atoms with Crippen LogP contribution in [0.15, 0.2) is 24.3 Å². The van der Waals surface area contributed by atoms with E-state index in [-0.39, 0.29) is 35.9 Å². The van der Waals surface area contributed by atoms with E-state index in [4.69, 9.17) is 4.74 Å². The molecule has 2 amide bonds. The van der Waals surface area contributed by atoms with Gasteiger partial charge in [-0.1, -0.05) is 26.0 Å². The molecule has 3 aliphatic heterocycles. The number of piperidine rings is 2. The Morgan fingerprint density at radius 2 is 1.59 bits per heavy atom. The number of piperazine rings is 1. The van der Waals surface area contributed by atoms with Crippen LogP contribution in [0, 0.1) is 17.7 Å². The van der Waals surface area contributed by atoms with Crippen LogP contribution in [0.4, 0.5) is 9.18 Å². The van der Waals surface area contributed by atoms with Crippen molar-refractivity contribution in [1.82, 2.24) is 23.9 Å². The molecule has 3 heterocycles. The van der Waals surface area contributed by atoms with E-state index in [1.807, 2.05) is 19.9 Å². The summed E-state index contributed by atoms with van der Waals surface area (Å²) >= 11 is 0. The van der Waals surface area contributed by atoms with Crippen LogP contribution in [-0.4, -0.2) is 135 Å². The smallest absolute Gasteiger partial charge is 0.410 e. The van der Waals surface area contributed by atoms with Gasteiger partial charge >= 0.3 is 6.09 Å². The van der Waals surface area contributed by atoms with Gasteiger partial charge in [-0.2, -0.15) is 0 Å². The molecule has 4 rings (SSSR count). The van der Waals surface area contributed by atoms with Gasteiger partial charge in [0, 0.05) is 64.9 Å². The zero-order valence-electron chi connectivity index (χ0n) is 28.6. The van der Waals surface area contributed by atoms with Crippen LogP contribution in [0.3, 0.4) is 0 Å². The molecule has 10 nitrogen and oxygen atoms in total. The van der Waals surface area contributed by atoms with Gasteiger partial charge in [-0.05, 0) is 87.9 Å². The van der Waals surface area contributed by atoms with E-state index in [1.165, 1.54) is 12.3 Å². The number of ether oxygens (including phenoxy) is 1. The Morgan fingerprint density at radius 1 is 0.935 bits per heavy atom. The molecule has 0 aliphatic carbocycles. The number of carbonyl (C=O) groups is 2. The van der Waals surface area contributed by atoms with Crippen molar-refractivity contribution < 1.29 is 27.1 Å². The van der Waals surface area contributed by atoms with Crippen molar-refractivity contribution in [2.75, 3.05) is 78.2 Å². The van der Waals surface area contributed by atoms with Crippen LogP contribution >= 0.6 is 0 Å². The summed E-state index contributed by atoms with van der Waals surface area (Å²) in [6, 6.07) is 7.11. The molecule has 0 saturated carbocycles. The first kappa shape index (κ1) is 36.6. The van der Waals surface area contributed by atoms with Gasteiger partial charge in [0.25, 0.3) is 0 Å². The van der Waals surface area contributed by atoms with Gasteiger partial charge in [0.05, 0.1) is 18.9 Å². The molecular weight excluding hydrogens is 609 g/mol. The Hall–Kier alpha value is -2.28. The summed E-state index contributed by atoms with van der Waals surface area (Å²) < 4.78 is 45.3. The minimum absolute atomic E-state index is 0.148. The molecule has 0 bridgehead atoms. The number of benzene rings is 1. The fraction of sp³-hybridized carbons (Fsp3) is 0.765. The molecule has 0 spiro atoms. The van der Waals surface area contributed by atoms with E-state index in [9.17, 15) is 22.4 Å². The number of hydrogen-bond donors (Lipinski definition) is 0. The standard InChI is InChI=1S/C34H56FN5O5S/c1-26(2)24-40(33(41)25-37-19-21-38(22-20-37)34(42)45-27(3)4)31-11-14-36(15-12-31)16-13-32(29-7-6-8-30(35)23-29)28-9-17-39(18-10-28)46(5,43)44/h6-8,23,26-28,31-32H,9-22,24-25H2,1-5H3. The normalized spacial score (nSPS) is 20.7. The van der Waals surface area contributed by atoms with Crippen molar-refractivity contribution in [3.8, 4) is 0 Å². The summed E-state index contributed by atoms with van der Waals surface area (Å²) in [6.07, 6.45) is 5.13. The Balaban J connectivity index is 1.30. The molecule has 12 heteroatoms. The average Bonchev–Trinajstić information content (AvgIpc) is 3.00. The van der Waals surface area contributed by atoms with Gasteiger partial charge in [0.2, 0.25) is 15.9 Å². The fourth-order valence-electron chi connectivity index (χ4n) is 7.29. The summed E-state index contributed by atoms with van der Waals surface area (Å²) in [5, 5.41) is 0. The number of carbonyl (C=O) groups excluding carboxylic acids is 2. The predicted molar refractivity (Wildman–Crippen MR) is 179 cm³/mol. The van der Waals surface area contributed by atoms with Gasteiger partial charge < -0.3 is 19.4 Å². The first-order chi connectivity index (χ1) is 21.8. The Kier molecular flexibility index (Phi) is 13.3. The fourth-order valence-corrected chi connectivity index (χ4v) is 8.17. The third-order valence-corrected chi connectivity index (χ3v) is 11.1. The molecule has 1 atom stereocenters. The first-order valence-corrected chi connectivity index (χ1v) is 19.0. The van der Waals surface area contributed by atoms with Crippen LogP contribution in [0.2, 0.25) is 0 Å². The highest BCUT2D eigenvalue weighted by Crippen LogP contribution is 2.36. The number of hydrogen-bond acceptors (Lipinski definition) is 7. The number of sulfonamides is 1. The number of amides is 2.